The summed E-state index contributed by atoms with van der Waals surface area (Å²) >= 11 is 1.64. The first-order chi connectivity index (χ1) is 5.88. The van der Waals surface area contributed by atoms with Gasteiger partial charge in [-0.3, -0.25) is 0 Å². The van der Waals surface area contributed by atoms with E-state index >= 15 is 0 Å². The molecular formula is C9H9NOS. The summed E-state index contributed by atoms with van der Waals surface area (Å²) in [6.07, 6.45) is 1.64. The molecule has 0 unspecified atom stereocenters. The number of hydrogen-bond donors (Lipinski definition) is 1. The summed E-state index contributed by atoms with van der Waals surface area (Å²) in [5.74, 6) is 0.817. The van der Waals surface area contributed by atoms with Crippen molar-refractivity contribution in [3.8, 4) is 0 Å². The minimum absolute atomic E-state index is 0.111. The highest BCUT2D eigenvalue weighted by molar-refractivity contribution is 7.10. The van der Waals surface area contributed by atoms with Gasteiger partial charge in [-0.2, -0.15) is 0 Å². The second kappa shape index (κ2) is 3.13. The fourth-order valence-corrected chi connectivity index (χ4v) is 1.81. The summed E-state index contributed by atoms with van der Waals surface area (Å²) in [5.41, 5.74) is 5.92. The van der Waals surface area contributed by atoms with Crippen LogP contribution < -0.4 is 5.73 Å². The molecule has 0 aromatic carbocycles. The fraction of sp³-hybridized carbons (Fsp3) is 0.111. The lowest BCUT2D eigenvalue weighted by atomic mass is 10.2. The summed E-state index contributed by atoms with van der Waals surface area (Å²) in [7, 11) is 0. The Hall–Kier alpha value is -1.06. The molecule has 1 atom stereocenters. The van der Waals surface area contributed by atoms with Crippen LogP contribution in [0.15, 0.2) is 40.3 Å². The van der Waals surface area contributed by atoms with Gasteiger partial charge in [0.15, 0.2) is 0 Å². The lowest BCUT2D eigenvalue weighted by molar-refractivity contribution is 0.492. The highest BCUT2D eigenvalue weighted by atomic mass is 32.1. The Morgan fingerprint density at radius 3 is 2.83 bits per heavy atom. The van der Waals surface area contributed by atoms with E-state index in [0.717, 1.165) is 10.6 Å². The Kier molecular flexibility index (Phi) is 1.98. The molecule has 2 aromatic rings. The number of rotatable bonds is 2. The smallest absolute Gasteiger partial charge is 0.125 e. The van der Waals surface area contributed by atoms with Gasteiger partial charge in [0.25, 0.3) is 0 Å². The number of hydrogen-bond acceptors (Lipinski definition) is 3. The van der Waals surface area contributed by atoms with Crippen LogP contribution in [0.4, 0.5) is 0 Å². The molecule has 0 aliphatic heterocycles. The first-order valence-electron chi connectivity index (χ1n) is 3.70. The number of thiophene rings is 1. The van der Waals surface area contributed by atoms with Crippen LogP contribution in [-0.4, -0.2) is 0 Å². The van der Waals surface area contributed by atoms with Crippen LogP contribution >= 0.6 is 11.3 Å². The van der Waals surface area contributed by atoms with Crippen LogP contribution in [-0.2, 0) is 0 Å². The van der Waals surface area contributed by atoms with E-state index in [1.54, 1.807) is 17.6 Å². The molecule has 0 aliphatic rings. The van der Waals surface area contributed by atoms with Gasteiger partial charge in [-0.25, -0.2) is 0 Å². The average Bonchev–Trinajstić information content (AvgIpc) is 2.77. The summed E-state index contributed by atoms with van der Waals surface area (Å²) in [6, 6.07) is 7.63. The topological polar surface area (TPSA) is 39.2 Å². The van der Waals surface area contributed by atoms with Crippen LogP contribution in [0.5, 0.6) is 0 Å². The van der Waals surface area contributed by atoms with Gasteiger partial charge in [-0.1, -0.05) is 6.07 Å². The van der Waals surface area contributed by atoms with Crippen LogP contribution in [0.25, 0.3) is 0 Å². The first-order valence-corrected chi connectivity index (χ1v) is 4.58. The third-order valence-electron chi connectivity index (χ3n) is 1.70. The van der Waals surface area contributed by atoms with Gasteiger partial charge >= 0.3 is 0 Å². The van der Waals surface area contributed by atoms with Gasteiger partial charge in [0.05, 0.1) is 12.3 Å². The second-order valence-electron chi connectivity index (χ2n) is 2.51. The fourth-order valence-electron chi connectivity index (χ4n) is 1.08. The lowest BCUT2D eigenvalue weighted by Gasteiger charge is -2.04. The maximum Gasteiger partial charge on any atom is 0.125 e. The van der Waals surface area contributed by atoms with E-state index in [4.69, 9.17) is 10.2 Å². The third-order valence-corrected chi connectivity index (χ3v) is 2.65. The van der Waals surface area contributed by atoms with Crippen LogP contribution in [0.1, 0.15) is 16.7 Å². The van der Waals surface area contributed by atoms with Gasteiger partial charge in [-0.05, 0) is 23.6 Å². The van der Waals surface area contributed by atoms with E-state index in [9.17, 15) is 0 Å². The molecular weight excluding hydrogens is 170 g/mol. The Bertz CT molecular complexity index is 291. The van der Waals surface area contributed by atoms with Crippen molar-refractivity contribution in [2.75, 3.05) is 0 Å². The number of nitrogens with two attached hydrogens (primary N) is 1. The van der Waals surface area contributed by atoms with Gasteiger partial charge in [0, 0.05) is 4.88 Å². The predicted octanol–water partition coefficient (Wildman–Crippen LogP) is 2.39. The van der Waals surface area contributed by atoms with Crippen molar-refractivity contribution >= 4 is 11.3 Å². The van der Waals surface area contributed by atoms with E-state index in [2.05, 4.69) is 0 Å². The van der Waals surface area contributed by atoms with Gasteiger partial charge in [-0.15, -0.1) is 11.3 Å². The van der Waals surface area contributed by atoms with E-state index in [-0.39, 0.29) is 6.04 Å². The Morgan fingerprint density at radius 1 is 1.33 bits per heavy atom. The van der Waals surface area contributed by atoms with Crippen molar-refractivity contribution in [3.63, 3.8) is 0 Å². The molecule has 62 valence electrons. The quantitative estimate of drug-likeness (QED) is 0.768. The van der Waals surface area contributed by atoms with E-state index < -0.39 is 0 Å². The highest BCUT2D eigenvalue weighted by Crippen LogP contribution is 2.23. The third kappa shape index (κ3) is 1.29. The summed E-state index contributed by atoms with van der Waals surface area (Å²) < 4.78 is 5.20. The zero-order valence-electron chi connectivity index (χ0n) is 6.44. The normalized spacial score (nSPS) is 13.1. The summed E-state index contributed by atoms with van der Waals surface area (Å²) in [4.78, 5) is 1.13. The van der Waals surface area contributed by atoms with Crippen LogP contribution in [0.2, 0.25) is 0 Å². The molecule has 0 fully saturated rings. The zero-order valence-corrected chi connectivity index (χ0v) is 7.25. The Balaban J connectivity index is 2.27. The SMILES string of the molecule is N[C@H](c1ccco1)c1cccs1. The molecule has 3 heteroatoms. The molecule has 0 saturated heterocycles. The number of furan rings is 1. The summed E-state index contributed by atoms with van der Waals surface area (Å²) in [5, 5.41) is 2.01. The largest absolute Gasteiger partial charge is 0.467 e. The molecule has 2 aromatic heterocycles. The standard InChI is InChI=1S/C9H9NOS/c10-9(7-3-1-5-11-7)8-4-2-6-12-8/h1-6,9H,10H2/t9-/m1/s1. The van der Waals surface area contributed by atoms with E-state index in [0.29, 0.717) is 0 Å². The van der Waals surface area contributed by atoms with Crippen molar-refractivity contribution in [1.29, 1.82) is 0 Å². The second-order valence-corrected chi connectivity index (χ2v) is 3.49. The highest BCUT2D eigenvalue weighted by Gasteiger charge is 2.11. The molecule has 0 spiro atoms. The van der Waals surface area contributed by atoms with Gasteiger partial charge < -0.3 is 10.2 Å². The van der Waals surface area contributed by atoms with E-state index in [1.807, 2.05) is 29.6 Å². The van der Waals surface area contributed by atoms with Crippen LogP contribution in [0.3, 0.4) is 0 Å². The summed E-state index contributed by atoms with van der Waals surface area (Å²) in [6.45, 7) is 0. The van der Waals surface area contributed by atoms with Crippen molar-refractivity contribution in [2.24, 2.45) is 5.73 Å². The minimum atomic E-state index is -0.111. The molecule has 0 amide bonds. The monoisotopic (exact) mass is 179 g/mol. The molecule has 0 bridgehead atoms. The molecule has 0 radical (unpaired) electrons. The van der Waals surface area contributed by atoms with Crippen molar-refractivity contribution < 1.29 is 4.42 Å². The molecule has 2 N–H and O–H groups in total. The Morgan fingerprint density at radius 2 is 2.25 bits per heavy atom. The maximum absolute atomic E-state index is 5.92. The lowest BCUT2D eigenvalue weighted by Crippen LogP contribution is -2.08. The molecule has 0 aliphatic carbocycles. The maximum atomic E-state index is 5.92. The van der Waals surface area contributed by atoms with Crippen molar-refractivity contribution in [1.82, 2.24) is 0 Å². The average molecular weight is 179 g/mol. The first kappa shape index (κ1) is 7.58. The molecule has 2 nitrogen and oxygen atoms in total. The minimum Gasteiger partial charge on any atom is -0.467 e. The molecule has 2 rings (SSSR count). The Labute approximate surface area is 74.6 Å². The molecule has 0 saturated carbocycles. The molecule has 12 heavy (non-hydrogen) atoms. The van der Waals surface area contributed by atoms with E-state index in [1.165, 1.54) is 0 Å². The van der Waals surface area contributed by atoms with Crippen molar-refractivity contribution in [2.45, 2.75) is 6.04 Å². The zero-order chi connectivity index (χ0) is 8.39. The molecule has 2 heterocycles. The van der Waals surface area contributed by atoms with Crippen LogP contribution in [0, 0.1) is 0 Å². The van der Waals surface area contributed by atoms with Gasteiger partial charge in [0.1, 0.15) is 5.76 Å². The predicted molar refractivity (Wildman–Crippen MR) is 49.1 cm³/mol. The van der Waals surface area contributed by atoms with Gasteiger partial charge in [0.2, 0.25) is 0 Å². The van der Waals surface area contributed by atoms with Crippen molar-refractivity contribution in [3.05, 3.63) is 46.5 Å².